The van der Waals surface area contributed by atoms with Crippen molar-refractivity contribution in [2.24, 2.45) is 5.16 Å². The van der Waals surface area contributed by atoms with Crippen LogP contribution >= 0.6 is 0 Å². The number of oxime groups is 1. The van der Waals surface area contributed by atoms with Gasteiger partial charge in [-0.1, -0.05) is 11.2 Å². The summed E-state index contributed by atoms with van der Waals surface area (Å²) in [7, 11) is 3.79. The van der Waals surface area contributed by atoms with Crippen LogP contribution in [0.15, 0.2) is 23.4 Å². The van der Waals surface area contributed by atoms with Crippen LogP contribution in [0.25, 0.3) is 0 Å². The molecule has 4 heteroatoms. The Morgan fingerprint density at radius 2 is 2.26 bits per heavy atom. The smallest absolute Gasteiger partial charge is 0.119 e. The third-order valence-electron chi connectivity index (χ3n) is 4.81. The number of piperidine rings is 1. The highest BCUT2D eigenvalue weighted by Crippen LogP contribution is 2.43. The van der Waals surface area contributed by atoms with E-state index in [9.17, 15) is 5.21 Å². The van der Waals surface area contributed by atoms with Crippen LogP contribution < -0.4 is 4.74 Å². The molecule has 1 aromatic rings. The van der Waals surface area contributed by atoms with E-state index >= 15 is 0 Å². The van der Waals surface area contributed by atoms with Gasteiger partial charge in [0.15, 0.2) is 0 Å². The molecule has 1 fully saturated rings. The number of hydrogen-bond donors (Lipinski definition) is 1. The predicted octanol–water partition coefficient (Wildman–Crippen LogP) is 2.04. The van der Waals surface area contributed by atoms with Crippen molar-refractivity contribution >= 4 is 5.71 Å². The van der Waals surface area contributed by atoms with Crippen LogP contribution in [0.1, 0.15) is 24.5 Å². The van der Waals surface area contributed by atoms with Gasteiger partial charge in [-0.3, -0.25) is 4.90 Å². The summed E-state index contributed by atoms with van der Waals surface area (Å²) in [5.41, 5.74) is 3.31. The quantitative estimate of drug-likeness (QED) is 0.621. The summed E-state index contributed by atoms with van der Waals surface area (Å²) in [6, 6.07) is 6.47. The Balaban J connectivity index is 2.19. The van der Waals surface area contributed by atoms with Crippen molar-refractivity contribution in [3.05, 3.63) is 29.3 Å². The van der Waals surface area contributed by atoms with E-state index in [0.717, 1.165) is 30.8 Å². The first kappa shape index (κ1) is 12.5. The molecule has 1 heterocycles. The molecular weight excluding hydrogens is 240 g/mol. The molecule has 1 aromatic carbocycles. The molecule has 1 N–H and O–H groups in total. The van der Waals surface area contributed by atoms with Crippen LogP contribution in [0.4, 0.5) is 0 Å². The Morgan fingerprint density at radius 3 is 2.95 bits per heavy atom. The van der Waals surface area contributed by atoms with Crippen molar-refractivity contribution in [1.29, 1.82) is 0 Å². The van der Waals surface area contributed by atoms with E-state index in [2.05, 4.69) is 36.2 Å². The SMILES string of the molecule is COc1ccc2c(c1)C1(C)CCN(C)C(C2)C1=NO. The third-order valence-corrected chi connectivity index (χ3v) is 4.81. The Hall–Kier alpha value is -1.55. The molecule has 2 unspecified atom stereocenters. The first-order chi connectivity index (χ1) is 9.10. The number of ether oxygens (including phenoxy) is 1. The maximum absolute atomic E-state index is 9.46. The van der Waals surface area contributed by atoms with E-state index in [0.29, 0.717) is 0 Å². The number of rotatable bonds is 1. The fourth-order valence-electron chi connectivity index (χ4n) is 3.55. The highest BCUT2D eigenvalue weighted by atomic mass is 16.5. The second-order valence-corrected chi connectivity index (χ2v) is 5.79. The van der Waals surface area contributed by atoms with E-state index in [1.54, 1.807) is 7.11 Å². The number of likely N-dealkylation sites (N-methyl/N-ethyl adjacent to an activating group) is 1. The molecule has 0 aromatic heterocycles. The Bertz CT molecular complexity index is 541. The van der Waals surface area contributed by atoms with Crippen LogP contribution in [-0.2, 0) is 11.8 Å². The molecular formula is C15H20N2O2. The van der Waals surface area contributed by atoms with Crippen molar-refractivity contribution < 1.29 is 9.94 Å². The summed E-state index contributed by atoms with van der Waals surface area (Å²) in [5.74, 6) is 0.870. The number of nitrogens with zero attached hydrogens (tertiary/aromatic N) is 2. The maximum atomic E-state index is 9.46. The topological polar surface area (TPSA) is 45.1 Å². The van der Waals surface area contributed by atoms with Crippen LogP contribution in [0, 0.1) is 0 Å². The van der Waals surface area contributed by atoms with Gasteiger partial charge in [0, 0.05) is 5.41 Å². The highest BCUT2D eigenvalue weighted by molar-refractivity contribution is 6.01. The molecule has 4 nitrogen and oxygen atoms in total. The van der Waals surface area contributed by atoms with Crippen molar-refractivity contribution in [3.63, 3.8) is 0 Å². The summed E-state index contributed by atoms with van der Waals surface area (Å²) >= 11 is 0. The van der Waals surface area contributed by atoms with Crippen molar-refractivity contribution in [2.75, 3.05) is 20.7 Å². The second kappa shape index (κ2) is 4.23. The van der Waals surface area contributed by atoms with Gasteiger partial charge in [0.25, 0.3) is 0 Å². The number of likely N-dealkylation sites (tertiary alicyclic amines) is 1. The summed E-state index contributed by atoms with van der Waals surface area (Å²) in [5, 5.41) is 13.1. The minimum absolute atomic E-state index is 0.173. The molecule has 0 amide bonds. The molecule has 102 valence electrons. The Kier molecular flexibility index (Phi) is 2.78. The molecule has 0 saturated carbocycles. The van der Waals surface area contributed by atoms with E-state index in [1.807, 2.05) is 6.07 Å². The minimum atomic E-state index is -0.173. The first-order valence-corrected chi connectivity index (χ1v) is 6.70. The Labute approximate surface area is 113 Å². The van der Waals surface area contributed by atoms with Gasteiger partial charge in [-0.25, -0.2) is 0 Å². The molecule has 3 rings (SSSR count). The molecule has 19 heavy (non-hydrogen) atoms. The van der Waals surface area contributed by atoms with E-state index in [4.69, 9.17) is 4.74 Å². The van der Waals surface area contributed by atoms with Gasteiger partial charge in [0.2, 0.25) is 0 Å². The van der Waals surface area contributed by atoms with Gasteiger partial charge < -0.3 is 9.94 Å². The Morgan fingerprint density at radius 1 is 1.47 bits per heavy atom. The largest absolute Gasteiger partial charge is 0.497 e. The van der Waals surface area contributed by atoms with Crippen LogP contribution in [-0.4, -0.2) is 42.6 Å². The summed E-state index contributed by atoms with van der Waals surface area (Å²) in [4.78, 5) is 2.28. The molecule has 0 spiro atoms. The van der Waals surface area contributed by atoms with E-state index in [-0.39, 0.29) is 11.5 Å². The van der Waals surface area contributed by atoms with Crippen molar-refractivity contribution in [1.82, 2.24) is 4.90 Å². The molecule has 2 atom stereocenters. The average molecular weight is 260 g/mol. The van der Waals surface area contributed by atoms with Crippen LogP contribution in [0.5, 0.6) is 5.75 Å². The minimum Gasteiger partial charge on any atom is -0.497 e. The molecule has 1 aliphatic heterocycles. The van der Waals surface area contributed by atoms with Crippen LogP contribution in [0.3, 0.4) is 0 Å². The van der Waals surface area contributed by atoms with Gasteiger partial charge in [-0.2, -0.15) is 0 Å². The third kappa shape index (κ3) is 1.66. The molecule has 2 bridgehead atoms. The van der Waals surface area contributed by atoms with Gasteiger partial charge in [-0.05, 0) is 56.6 Å². The fraction of sp³-hybridized carbons (Fsp3) is 0.533. The first-order valence-electron chi connectivity index (χ1n) is 6.70. The average Bonchev–Trinajstić information content (AvgIpc) is 2.43. The zero-order valence-corrected chi connectivity index (χ0v) is 11.7. The lowest BCUT2D eigenvalue weighted by Gasteiger charge is -2.49. The summed E-state index contributed by atoms with van der Waals surface area (Å²) in [6.07, 6.45) is 1.88. The van der Waals surface area contributed by atoms with Gasteiger partial charge in [0.1, 0.15) is 5.75 Å². The van der Waals surface area contributed by atoms with Gasteiger partial charge in [0.05, 0.1) is 18.9 Å². The second-order valence-electron chi connectivity index (χ2n) is 5.79. The standard InChI is InChI=1S/C15H20N2O2/c1-15-6-7-17(2)13(14(15)16-18)8-10-4-5-11(19-3)9-12(10)15/h4-5,9,13,18H,6-8H2,1-3H3. The lowest BCUT2D eigenvalue weighted by Crippen LogP contribution is -2.58. The zero-order valence-electron chi connectivity index (χ0n) is 11.7. The zero-order chi connectivity index (χ0) is 13.6. The van der Waals surface area contributed by atoms with Crippen LogP contribution in [0.2, 0.25) is 0 Å². The van der Waals surface area contributed by atoms with Crippen molar-refractivity contribution in [2.45, 2.75) is 31.2 Å². The summed E-state index contributed by atoms with van der Waals surface area (Å²) in [6.45, 7) is 3.20. The summed E-state index contributed by atoms with van der Waals surface area (Å²) < 4.78 is 5.34. The number of fused-ring (bicyclic) bond motifs is 4. The van der Waals surface area contributed by atoms with Crippen molar-refractivity contribution in [3.8, 4) is 5.75 Å². The molecule has 1 saturated heterocycles. The van der Waals surface area contributed by atoms with Gasteiger partial charge in [-0.15, -0.1) is 0 Å². The fourth-order valence-corrected chi connectivity index (χ4v) is 3.55. The monoisotopic (exact) mass is 260 g/mol. The number of benzene rings is 1. The van der Waals surface area contributed by atoms with Gasteiger partial charge >= 0.3 is 0 Å². The lowest BCUT2D eigenvalue weighted by atomic mass is 9.63. The number of methoxy groups -OCH3 is 1. The maximum Gasteiger partial charge on any atom is 0.119 e. The number of hydrogen-bond acceptors (Lipinski definition) is 4. The molecule has 1 aliphatic carbocycles. The normalized spacial score (nSPS) is 32.2. The lowest BCUT2D eigenvalue weighted by molar-refractivity contribution is 0.209. The van der Waals surface area contributed by atoms with E-state index < -0.39 is 0 Å². The van der Waals surface area contributed by atoms with E-state index in [1.165, 1.54) is 11.1 Å². The predicted molar refractivity (Wildman–Crippen MR) is 74.3 cm³/mol. The molecule has 2 aliphatic rings. The highest BCUT2D eigenvalue weighted by Gasteiger charge is 2.47. The molecule has 0 radical (unpaired) electrons.